The predicted molar refractivity (Wildman–Crippen MR) is 324 cm³/mol. The van der Waals surface area contributed by atoms with Gasteiger partial charge >= 0.3 is 0 Å². The van der Waals surface area contributed by atoms with Crippen molar-refractivity contribution in [2.75, 3.05) is 56.3 Å². The van der Waals surface area contributed by atoms with E-state index in [-0.39, 0.29) is 91.2 Å². The number of ether oxygens (including phenoxy) is 1. The van der Waals surface area contributed by atoms with Gasteiger partial charge in [0.15, 0.2) is 11.4 Å². The third kappa shape index (κ3) is 14.7. The molecular formula is C63H73Cl2F4N11O6. The smallest absolute Gasteiger partial charge is 0.284 e. The van der Waals surface area contributed by atoms with Gasteiger partial charge in [0.1, 0.15) is 29.5 Å². The molecule has 4 amide bonds. The normalized spacial score (nSPS) is 20.3. The van der Waals surface area contributed by atoms with Crippen LogP contribution in [0.15, 0.2) is 94.8 Å². The molecule has 0 radical (unpaired) electrons. The highest BCUT2D eigenvalue weighted by molar-refractivity contribution is 6.31. The third-order valence-electron chi connectivity index (χ3n) is 16.6. The minimum absolute atomic E-state index is 0.0221. The first kappa shape index (κ1) is 63.2. The maximum Gasteiger partial charge on any atom is 0.284 e. The van der Waals surface area contributed by atoms with Gasteiger partial charge in [0.2, 0.25) is 17.7 Å². The van der Waals surface area contributed by atoms with E-state index in [0.717, 1.165) is 25.8 Å². The summed E-state index contributed by atoms with van der Waals surface area (Å²) in [5, 5.41) is 19.4. The number of hydrogen-bond acceptors (Lipinski definition) is 12. The molecule has 0 spiro atoms. The molecule has 2 aliphatic carbocycles. The van der Waals surface area contributed by atoms with Crippen molar-refractivity contribution in [3.63, 3.8) is 0 Å². The van der Waals surface area contributed by atoms with Crippen LogP contribution in [0.3, 0.4) is 0 Å². The molecule has 5 N–H and O–H groups in total. The zero-order valence-corrected chi connectivity index (χ0v) is 50.4. The highest BCUT2D eigenvalue weighted by Gasteiger charge is 2.60. The Labute approximate surface area is 507 Å². The van der Waals surface area contributed by atoms with Crippen molar-refractivity contribution in [3.8, 4) is 17.2 Å². The number of nitrogens with zero attached hydrogens (tertiary/aromatic N) is 6. The fraction of sp³-hybridized carbons (Fsp3) is 0.460. The molecule has 458 valence electrons. The van der Waals surface area contributed by atoms with Crippen LogP contribution in [0.4, 0.5) is 34.8 Å². The summed E-state index contributed by atoms with van der Waals surface area (Å²) >= 11 is 12.6. The molecule has 4 heterocycles. The van der Waals surface area contributed by atoms with E-state index in [2.05, 4.69) is 53.4 Å². The second-order valence-corrected chi connectivity index (χ2v) is 24.8. The number of anilines is 3. The van der Waals surface area contributed by atoms with Crippen LogP contribution < -0.4 is 31.3 Å². The number of halogens is 6. The number of unbranched alkanes of at least 4 members (excludes halogenated alkanes) is 3. The number of oxazole rings is 1. The summed E-state index contributed by atoms with van der Waals surface area (Å²) < 4.78 is 74.0. The summed E-state index contributed by atoms with van der Waals surface area (Å²) in [5.41, 5.74) is -1.07. The van der Waals surface area contributed by atoms with Crippen LogP contribution in [0.25, 0.3) is 11.5 Å². The highest BCUT2D eigenvalue weighted by atomic mass is 35.5. The Hall–Kier alpha value is -7.36. The van der Waals surface area contributed by atoms with Crippen molar-refractivity contribution in [2.24, 2.45) is 22.2 Å². The lowest BCUT2D eigenvalue weighted by Gasteiger charge is -2.42. The molecular weight excluding hydrogens is 1150 g/mol. The van der Waals surface area contributed by atoms with Crippen molar-refractivity contribution in [1.29, 1.82) is 0 Å². The number of rotatable bonds is 25. The number of alkyl halides is 2. The SMILES string of the molecule is C=NC[C@]1(c2ccc(Cl)cc2F)[C@H](CC(C)(C)C)N[C@@H](C(=O)Nc2ccc(C(=O)NCCCCCCN(C)C(=O)[C@H]3CC[C@H](n4cc(NC(=O)c5coc(-c6ccnc(NCC7CC7)c6)n5)c(C(F)F)n4)CC3)cc2OC)[C@@H]1c1cccc(Cl)c1F. The Bertz CT molecular complexity index is 3420. The number of benzene rings is 3. The number of aliphatic imine (C=N–C) groups is 1. The third-order valence-corrected chi connectivity index (χ3v) is 17.1. The van der Waals surface area contributed by atoms with Crippen LogP contribution in [0.1, 0.15) is 147 Å². The Balaban J connectivity index is 0.733. The molecule has 1 saturated heterocycles. The molecule has 0 bridgehead atoms. The molecule has 23 heteroatoms. The van der Waals surface area contributed by atoms with Crippen molar-refractivity contribution >= 4 is 70.7 Å². The average Bonchev–Trinajstić information content (AvgIpc) is 1.52. The number of carbonyl (C=O) groups excluding carboxylic acids is 4. The summed E-state index contributed by atoms with van der Waals surface area (Å²) in [4.78, 5) is 69.6. The van der Waals surface area contributed by atoms with E-state index in [0.29, 0.717) is 68.9 Å². The van der Waals surface area contributed by atoms with E-state index in [1.165, 1.54) is 55.3 Å². The lowest BCUT2D eigenvalue weighted by atomic mass is 9.61. The van der Waals surface area contributed by atoms with Crippen molar-refractivity contribution in [3.05, 3.63) is 135 Å². The minimum atomic E-state index is -2.95. The molecule has 9 rings (SSSR count). The Morgan fingerprint density at radius 1 is 0.942 bits per heavy atom. The van der Waals surface area contributed by atoms with Gasteiger partial charge in [0, 0.05) is 78.5 Å². The van der Waals surface area contributed by atoms with Gasteiger partial charge in [-0.25, -0.2) is 27.5 Å². The van der Waals surface area contributed by atoms with E-state index >= 15 is 8.78 Å². The molecule has 3 aliphatic rings. The number of amides is 4. The maximum absolute atomic E-state index is 16.4. The first-order valence-electron chi connectivity index (χ1n) is 29.1. The first-order valence-corrected chi connectivity index (χ1v) is 29.9. The van der Waals surface area contributed by atoms with E-state index in [1.54, 1.807) is 66.7 Å². The van der Waals surface area contributed by atoms with Gasteiger partial charge in [0.25, 0.3) is 18.2 Å². The monoisotopic (exact) mass is 1230 g/mol. The van der Waals surface area contributed by atoms with Crippen molar-refractivity contribution < 1.29 is 45.9 Å². The lowest BCUT2D eigenvalue weighted by molar-refractivity contribution is -0.135. The average molecular weight is 1230 g/mol. The molecule has 2 saturated carbocycles. The van der Waals surface area contributed by atoms with E-state index < -0.39 is 59.0 Å². The minimum Gasteiger partial charge on any atom is -0.495 e. The van der Waals surface area contributed by atoms with Gasteiger partial charge < -0.3 is 40.6 Å². The lowest BCUT2D eigenvalue weighted by Crippen LogP contribution is -2.48. The van der Waals surface area contributed by atoms with Gasteiger partial charge in [0.05, 0.1) is 42.1 Å². The fourth-order valence-electron chi connectivity index (χ4n) is 12.0. The van der Waals surface area contributed by atoms with Crippen molar-refractivity contribution in [2.45, 2.75) is 127 Å². The number of carbonyl (C=O) groups is 4. The summed E-state index contributed by atoms with van der Waals surface area (Å²) in [5.74, 6) is -2.64. The molecule has 1 aliphatic heterocycles. The summed E-state index contributed by atoms with van der Waals surface area (Å²) in [6, 6.07) is 14.9. The Morgan fingerprint density at radius 2 is 1.71 bits per heavy atom. The molecule has 3 fully saturated rings. The van der Waals surface area contributed by atoms with Gasteiger partial charge in [-0.05, 0) is 135 Å². The Kier molecular flexibility index (Phi) is 20.2. The van der Waals surface area contributed by atoms with Crippen molar-refractivity contribution in [1.82, 2.24) is 35.3 Å². The van der Waals surface area contributed by atoms with Crippen LogP contribution in [0.2, 0.25) is 10.0 Å². The van der Waals surface area contributed by atoms with E-state index in [9.17, 15) is 28.0 Å². The first-order chi connectivity index (χ1) is 41.2. The molecule has 4 atom stereocenters. The summed E-state index contributed by atoms with van der Waals surface area (Å²) in [7, 11) is 3.19. The van der Waals surface area contributed by atoms with Crippen LogP contribution >= 0.6 is 23.2 Å². The van der Waals surface area contributed by atoms with E-state index in [1.807, 2.05) is 20.8 Å². The molecule has 3 aromatic heterocycles. The standard InChI is InChI=1S/C63H73Cl2F4N11O6/c1-62(2,3)31-50-63(35-70-4,43-22-19-40(64)30-45(43)66)52(42-12-11-13-44(65)53(42)67)55(77-50)59(83)74-46-23-18-38(28-49(46)85-6)57(81)72-25-9-7-8-10-27-79(5)61(84)37-16-20-41(21-17-37)80-33-47(54(78-80)56(68)69)75-58(82)48-34-86-60(76-48)39-24-26-71-51(29-39)73-32-36-14-15-36/h11-13,18-19,22-24,26,28-30,33-34,36-37,41,50,52,55-56,77H,4,7-10,14-17,20-21,25,27,31-32,35H2,1-3,5-6H3,(H,71,73)(H,72,81)(H,74,83)(H,75,82)/t37-,41-,50-,52-,55+,63-/m0/s1. The maximum atomic E-state index is 16.4. The quantitative estimate of drug-likeness (QED) is 0.0207. The predicted octanol–water partition coefficient (Wildman–Crippen LogP) is 12.9. The largest absolute Gasteiger partial charge is 0.495 e. The summed E-state index contributed by atoms with van der Waals surface area (Å²) in [6.07, 6.45) is 9.24. The van der Waals surface area contributed by atoms with Gasteiger partial charge in [-0.15, -0.1) is 0 Å². The van der Waals surface area contributed by atoms with Crippen LogP contribution in [0, 0.1) is 28.9 Å². The number of methoxy groups -OCH3 is 1. The fourth-order valence-corrected chi connectivity index (χ4v) is 12.4. The number of nitrogens with one attached hydrogen (secondary N) is 5. The molecule has 0 unspecified atom stereocenters. The molecule has 17 nitrogen and oxygen atoms in total. The van der Waals surface area contributed by atoms with Gasteiger partial charge in [-0.2, -0.15) is 5.10 Å². The zero-order chi connectivity index (χ0) is 61.5. The molecule has 3 aromatic carbocycles. The molecule has 6 aromatic rings. The second kappa shape index (κ2) is 27.6. The zero-order valence-electron chi connectivity index (χ0n) is 48.8. The van der Waals surface area contributed by atoms with Gasteiger partial charge in [-0.3, -0.25) is 28.9 Å². The molecule has 86 heavy (non-hydrogen) atoms. The number of pyridine rings is 1. The van der Waals surface area contributed by atoms with Crippen LogP contribution in [0.5, 0.6) is 5.75 Å². The van der Waals surface area contributed by atoms with Crippen LogP contribution in [-0.2, 0) is 15.0 Å². The van der Waals surface area contributed by atoms with Gasteiger partial charge in [-0.1, -0.05) is 75.0 Å². The van der Waals surface area contributed by atoms with Crippen LogP contribution in [-0.4, -0.2) is 107 Å². The Morgan fingerprint density at radius 3 is 2.42 bits per heavy atom. The highest BCUT2D eigenvalue weighted by Crippen LogP contribution is 2.54. The summed E-state index contributed by atoms with van der Waals surface area (Å²) in [6.45, 7) is 11.5. The second-order valence-electron chi connectivity index (χ2n) is 23.9. The van der Waals surface area contributed by atoms with E-state index in [4.69, 9.17) is 32.4 Å². The number of aromatic nitrogens is 4. The number of hydrogen-bond donors (Lipinski definition) is 5. The topological polar surface area (TPSA) is 210 Å².